The molecule has 30 rings (SSSR count). The highest BCUT2D eigenvalue weighted by atomic mass is 16.3. The first-order chi connectivity index (χ1) is 72.8. The molecule has 0 aliphatic carbocycles. The Morgan fingerprint density at radius 1 is 0.156 bits per heavy atom. The van der Waals surface area contributed by atoms with Crippen LogP contribution in [0.4, 0.5) is 0 Å². The summed E-state index contributed by atoms with van der Waals surface area (Å²) >= 11 is 0. The van der Waals surface area contributed by atoms with Gasteiger partial charge in [-0.25, -0.2) is 49.8 Å². The Balaban J connectivity index is 0.000000107. The summed E-state index contributed by atoms with van der Waals surface area (Å²) in [6.07, 6.45) is 5.51. The molecule has 0 spiro atoms. The van der Waals surface area contributed by atoms with Crippen LogP contribution in [0.25, 0.3) is 299 Å². The maximum Gasteiger partial charge on any atom is 0.227 e. The lowest BCUT2D eigenvalue weighted by atomic mass is 9.94. The number of rotatable bonds is 12. The summed E-state index contributed by atoms with van der Waals surface area (Å²) in [5.74, 6) is 5.44. The summed E-state index contributed by atoms with van der Waals surface area (Å²) in [4.78, 5) is 59.3. The van der Waals surface area contributed by atoms with Gasteiger partial charge in [-0.3, -0.25) is 9.97 Å². The molecular formula is C132H78N12O3. The fourth-order valence-electron chi connectivity index (χ4n) is 20.9. The third-order valence-corrected chi connectivity index (χ3v) is 28.0. The molecule has 0 radical (unpaired) electrons. The fraction of sp³-hybridized carbons (Fsp3) is 0. The van der Waals surface area contributed by atoms with Crippen molar-refractivity contribution >= 4 is 163 Å². The lowest BCUT2D eigenvalue weighted by Crippen LogP contribution is -2.00. The molecule has 147 heavy (non-hydrogen) atoms. The van der Waals surface area contributed by atoms with Gasteiger partial charge in [0.15, 0.2) is 52.4 Å². The highest BCUT2D eigenvalue weighted by Gasteiger charge is 2.28. The van der Waals surface area contributed by atoms with Crippen molar-refractivity contribution in [1.29, 1.82) is 0 Å². The molecule has 0 unspecified atom stereocenters. The van der Waals surface area contributed by atoms with E-state index in [1.807, 2.05) is 237 Å². The SMILES string of the molecule is c1ccc(-c2nc(-c3ccccc3)nc(-c3ccc(-c4ccc5c(ccc6ccccc65)c4)c4oc5cc6cnccc6cc5c34)n2)cc1.c1ccc(-c2nc(-c3ccccc3)nc(-c3ccc(-c4ccc5c(ccc6ccccc65)c4)c4oc5cc6ncccc6cc5c34)n2)cc1.c1ccc(-c2nc(-c3ccccc3)nc(-c3ccc(-c4ccc5c(ccc6ccccc65)c4)c4oc5nc6ccccc6cc5c34)n2)cc1. The molecular weight excluding hydrogens is 1800 g/mol. The van der Waals surface area contributed by atoms with Crippen molar-refractivity contribution < 1.29 is 13.3 Å². The van der Waals surface area contributed by atoms with Gasteiger partial charge in [0.05, 0.1) is 11.0 Å². The summed E-state index contributed by atoms with van der Waals surface area (Å²) in [5, 5.41) is 24.6. The van der Waals surface area contributed by atoms with Gasteiger partial charge in [-0.15, -0.1) is 0 Å². The molecule has 30 aromatic rings. The number of pyridine rings is 3. The standard InChI is InChI=1S/3C44H26N4O/c1-3-12-28(13-4-1)41-46-42(29-14-5-2-6-15-29)48-43(47-41)36-24-23-35(31-21-22-34-30(25-31)20-19-27-11-7-9-17-33(27)34)40-39(36)37-26-32-16-8-10-18-38(32)45-44(37)49-40;1-3-11-28(12-4-1)42-46-43(29-13-5-2-6-14-29)48-44(47-42)36-22-21-35(31-19-20-34-30(24-31)18-17-27-10-7-8-16-33(27)34)41-40(36)37-25-32-15-9-23-45-38(32)26-39(37)49-41;1-3-10-28(11-4-1)42-46-43(29-12-5-2-6-13-29)48-44(47-42)37-20-19-36(32-17-18-35-31(23-32)16-15-27-9-7-8-14-34(27)35)41-40(37)38-24-30-21-22-45-26-33(30)25-39(38)49-41/h3*1-26H. The van der Waals surface area contributed by atoms with Crippen molar-refractivity contribution in [3.8, 4) is 136 Å². The predicted octanol–water partition coefficient (Wildman–Crippen LogP) is 33.9. The van der Waals surface area contributed by atoms with E-state index in [-0.39, 0.29) is 0 Å². The smallest absolute Gasteiger partial charge is 0.227 e. The summed E-state index contributed by atoms with van der Waals surface area (Å²) in [6, 6.07) is 157. The van der Waals surface area contributed by atoms with Crippen molar-refractivity contribution in [1.82, 2.24) is 59.8 Å². The van der Waals surface area contributed by atoms with Gasteiger partial charge >= 0.3 is 0 Å². The van der Waals surface area contributed by atoms with Crippen LogP contribution in [0.3, 0.4) is 0 Å². The molecule has 0 saturated heterocycles. The van der Waals surface area contributed by atoms with Crippen LogP contribution in [0, 0.1) is 0 Å². The van der Waals surface area contributed by atoms with Gasteiger partial charge in [-0.1, -0.05) is 352 Å². The van der Waals surface area contributed by atoms with Gasteiger partial charge in [-0.05, 0) is 184 Å². The predicted molar refractivity (Wildman–Crippen MR) is 597 cm³/mol. The minimum atomic E-state index is 0.574. The van der Waals surface area contributed by atoms with Gasteiger partial charge < -0.3 is 13.3 Å². The van der Waals surface area contributed by atoms with E-state index >= 15 is 0 Å². The first-order valence-electron chi connectivity index (χ1n) is 48.9. The highest BCUT2D eigenvalue weighted by Crippen LogP contribution is 2.49. The Bertz CT molecular complexity index is 9410. The first-order valence-corrected chi connectivity index (χ1v) is 48.9. The summed E-state index contributed by atoms with van der Waals surface area (Å²) < 4.78 is 20.4. The minimum absolute atomic E-state index is 0.574. The molecule has 15 heteroatoms. The molecule has 0 fully saturated rings. The Labute approximate surface area is 839 Å². The van der Waals surface area contributed by atoms with Crippen LogP contribution >= 0.6 is 0 Å². The molecule has 0 aliphatic heterocycles. The average Bonchev–Trinajstić information content (AvgIpc) is 1.59. The third kappa shape index (κ3) is 15.3. The van der Waals surface area contributed by atoms with E-state index in [2.05, 4.69) is 247 Å². The van der Waals surface area contributed by atoms with Crippen LogP contribution in [-0.2, 0) is 0 Å². The van der Waals surface area contributed by atoms with Crippen LogP contribution in [0.15, 0.2) is 487 Å². The van der Waals surface area contributed by atoms with Crippen LogP contribution in [0.1, 0.15) is 0 Å². The normalized spacial score (nSPS) is 11.7. The Morgan fingerprint density at radius 3 is 0.871 bits per heavy atom. The third-order valence-electron chi connectivity index (χ3n) is 28.0. The van der Waals surface area contributed by atoms with Crippen LogP contribution in [0.2, 0.25) is 0 Å². The van der Waals surface area contributed by atoms with E-state index in [4.69, 9.17) is 63.1 Å². The molecule has 0 N–H and O–H groups in total. The maximum atomic E-state index is 6.82. The molecule has 21 aromatic carbocycles. The Hall–Kier alpha value is -20.2. The van der Waals surface area contributed by atoms with Gasteiger partial charge in [0, 0.05) is 140 Å². The van der Waals surface area contributed by atoms with Crippen molar-refractivity contribution in [3.63, 3.8) is 0 Å². The second kappa shape index (κ2) is 35.6. The van der Waals surface area contributed by atoms with E-state index in [9.17, 15) is 0 Å². The van der Waals surface area contributed by atoms with Gasteiger partial charge in [-0.2, -0.15) is 0 Å². The monoisotopic (exact) mass is 1880 g/mol. The van der Waals surface area contributed by atoms with Crippen molar-refractivity contribution in [2.45, 2.75) is 0 Å². The largest absolute Gasteiger partial charge is 0.455 e. The quantitative estimate of drug-likeness (QED) is 0.105. The molecule has 684 valence electrons. The van der Waals surface area contributed by atoms with E-state index in [0.29, 0.717) is 58.1 Å². The number of para-hydroxylation sites is 1. The molecule has 0 amide bonds. The number of furan rings is 3. The zero-order valence-electron chi connectivity index (χ0n) is 78.6. The number of fused-ring (bicyclic) bond motifs is 21. The summed E-state index contributed by atoms with van der Waals surface area (Å²) in [7, 11) is 0. The average molecular weight is 1880 g/mol. The van der Waals surface area contributed by atoms with Crippen molar-refractivity contribution in [3.05, 3.63) is 474 Å². The summed E-state index contributed by atoms with van der Waals surface area (Å²) in [5.41, 5.74) is 20.6. The van der Waals surface area contributed by atoms with E-state index in [0.717, 1.165) is 176 Å². The van der Waals surface area contributed by atoms with E-state index in [1.165, 1.54) is 64.6 Å². The summed E-state index contributed by atoms with van der Waals surface area (Å²) in [6.45, 7) is 0. The zero-order chi connectivity index (χ0) is 96.9. The van der Waals surface area contributed by atoms with Crippen LogP contribution in [-0.4, -0.2) is 59.8 Å². The van der Waals surface area contributed by atoms with Gasteiger partial charge in [0.1, 0.15) is 27.9 Å². The molecule has 15 nitrogen and oxygen atoms in total. The Kier molecular flexibility index (Phi) is 20.5. The van der Waals surface area contributed by atoms with Gasteiger partial charge in [0.2, 0.25) is 5.71 Å². The molecule has 0 aliphatic rings. The molecule has 9 aromatic heterocycles. The van der Waals surface area contributed by atoms with Crippen LogP contribution in [0.5, 0.6) is 0 Å². The first kappa shape index (κ1) is 84.9. The zero-order valence-corrected chi connectivity index (χ0v) is 78.6. The van der Waals surface area contributed by atoms with Crippen molar-refractivity contribution in [2.75, 3.05) is 0 Å². The number of nitrogens with zero attached hydrogens (tertiary/aromatic N) is 12. The fourth-order valence-corrected chi connectivity index (χ4v) is 20.9. The number of hydrogen-bond donors (Lipinski definition) is 0. The second-order valence-electron chi connectivity index (χ2n) is 36.8. The molecule has 9 heterocycles. The minimum Gasteiger partial charge on any atom is -0.455 e. The maximum absolute atomic E-state index is 6.82. The van der Waals surface area contributed by atoms with Crippen molar-refractivity contribution in [2.24, 2.45) is 0 Å². The molecule has 0 bridgehead atoms. The molecule has 0 saturated carbocycles. The lowest BCUT2D eigenvalue weighted by molar-refractivity contribution is 0.657. The topological polar surface area (TPSA) is 194 Å². The number of benzene rings is 21. The van der Waals surface area contributed by atoms with E-state index < -0.39 is 0 Å². The Morgan fingerprint density at radius 2 is 0.463 bits per heavy atom. The number of hydrogen-bond acceptors (Lipinski definition) is 15. The van der Waals surface area contributed by atoms with E-state index in [1.54, 1.807) is 0 Å². The van der Waals surface area contributed by atoms with Crippen LogP contribution < -0.4 is 0 Å². The second-order valence-corrected chi connectivity index (χ2v) is 36.8. The molecule has 0 atom stereocenters. The van der Waals surface area contributed by atoms with Gasteiger partial charge in [0.25, 0.3) is 0 Å². The highest BCUT2D eigenvalue weighted by molar-refractivity contribution is 6.23. The number of aromatic nitrogens is 12. The lowest BCUT2D eigenvalue weighted by Gasteiger charge is -2.11.